The highest BCUT2D eigenvalue weighted by Gasteiger charge is 1.97. The van der Waals surface area contributed by atoms with Crippen LogP contribution < -0.4 is 10.1 Å². The number of nitrogens with zero attached hydrogens (tertiary/aromatic N) is 1. The Morgan fingerprint density at radius 3 is 2.62 bits per heavy atom. The highest BCUT2D eigenvalue weighted by molar-refractivity contribution is 5.43. The van der Waals surface area contributed by atoms with Crippen LogP contribution in [0.5, 0.6) is 5.75 Å². The molecule has 0 amide bonds. The van der Waals surface area contributed by atoms with Gasteiger partial charge in [0.25, 0.3) is 0 Å². The van der Waals surface area contributed by atoms with Crippen LogP contribution in [0.4, 0.5) is 5.69 Å². The lowest BCUT2D eigenvalue weighted by Gasteiger charge is -2.09. The van der Waals surface area contributed by atoms with Gasteiger partial charge in [0.1, 0.15) is 5.75 Å². The minimum atomic E-state index is 0.793. The number of ether oxygens (including phenoxy) is 1. The van der Waals surface area contributed by atoms with Crippen LogP contribution in [0.2, 0.25) is 0 Å². The Morgan fingerprint density at radius 1 is 1.10 bits per heavy atom. The van der Waals surface area contributed by atoms with E-state index in [2.05, 4.69) is 35.4 Å². The van der Waals surface area contributed by atoms with Crippen LogP contribution in [0.25, 0.3) is 0 Å². The Bertz CT molecular complexity index is 537. The zero-order chi connectivity index (χ0) is 14.9. The van der Waals surface area contributed by atoms with Crippen molar-refractivity contribution in [3.63, 3.8) is 0 Å². The molecule has 0 radical (unpaired) electrons. The van der Waals surface area contributed by atoms with Gasteiger partial charge in [0.2, 0.25) is 0 Å². The molecule has 2 rings (SSSR count). The van der Waals surface area contributed by atoms with Gasteiger partial charge < -0.3 is 10.1 Å². The van der Waals surface area contributed by atoms with E-state index in [1.54, 1.807) is 0 Å². The Hall–Kier alpha value is -2.03. The molecule has 112 valence electrons. The first kappa shape index (κ1) is 15.4. The molecule has 0 unspecified atom stereocenters. The summed E-state index contributed by atoms with van der Waals surface area (Å²) in [5.74, 6) is 0.951. The molecule has 2 aromatic rings. The molecule has 0 fully saturated rings. The fourth-order valence-electron chi connectivity index (χ4n) is 2.10. The van der Waals surface area contributed by atoms with Gasteiger partial charge in [0, 0.05) is 18.9 Å². The number of hydrogen-bond acceptors (Lipinski definition) is 3. The van der Waals surface area contributed by atoms with Crippen LogP contribution in [0.1, 0.15) is 37.3 Å². The Balaban J connectivity index is 1.79. The van der Waals surface area contributed by atoms with Crippen molar-refractivity contribution < 1.29 is 4.74 Å². The molecule has 3 heteroatoms. The molecular formula is C18H24N2O. The number of rotatable bonds is 8. The lowest BCUT2D eigenvalue weighted by Crippen LogP contribution is -2.01. The summed E-state index contributed by atoms with van der Waals surface area (Å²) in [6.07, 6.45) is 7.28. The molecule has 3 nitrogen and oxygen atoms in total. The van der Waals surface area contributed by atoms with Crippen molar-refractivity contribution in [1.82, 2.24) is 4.98 Å². The monoisotopic (exact) mass is 284 g/mol. The number of aryl methyl sites for hydroxylation is 1. The van der Waals surface area contributed by atoms with Crippen molar-refractivity contribution in [2.24, 2.45) is 0 Å². The molecule has 0 spiro atoms. The third-order valence-corrected chi connectivity index (χ3v) is 3.31. The minimum Gasteiger partial charge on any atom is -0.494 e. The predicted molar refractivity (Wildman–Crippen MR) is 87.8 cm³/mol. The van der Waals surface area contributed by atoms with E-state index in [1.807, 2.05) is 31.5 Å². The molecule has 0 saturated carbocycles. The molecule has 0 bridgehead atoms. The maximum Gasteiger partial charge on any atom is 0.119 e. The van der Waals surface area contributed by atoms with E-state index in [-0.39, 0.29) is 0 Å². The van der Waals surface area contributed by atoms with Gasteiger partial charge in [-0.15, -0.1) is 0 Å². The molecule has 0 aliphatic rings. The van der Waals surface area contributed by atoms with Crippen LogP contribution in [0, 0.1) is 6.92 Å². The number of unbranched alkanes of at least 4 members (excludes halogenated alkanes) is 2. The highest BCUT2D eigenvalue weighted by atomic mass is 16.5. The molecule has 1 aromatic carbocycles. The van der Waals surface area contributed by atoms with Gasteiger partial charge in [-0.1, -0.05) is 31.9 Å². The second kappa shape index (κ2) is 8.30. The van der Waals surface area contributed by atoms with Gasteiger partial charge in [0.05, 0.1) is 12.3 Å². The van der Waals surface area contributed by atoms with Gasteiger partial charge >= 0.3 is 0 Å². The average Bonchev–Trinajstić information content (AvgIpc) is 2.51. The van der Waals surface area contributed by atoms with Crippen LogP contribution >= 0.6 is 0 Å². The number of nitrogens with one attached hydrogen (secondary N) is 1. The van der Waals surface area contributed by atoms with Gasteiger partial charge in [-0.05, 0) is 42.7 Å². The molecule has 0 saturated heterocycles. The van der Waals surface area contributed by atoms with E-state index < -0.39 is 0 Å². The fourth-order valence-corrected chi connectivity index (χ4v) is 2.10. The van der Waals surface area contributed by atoms with E-state index in [9.17, 15) is 0 Å². The largest absolute Gasteiger partial charge is 0.494 e. The van der Waals surface area contributed by atoms with Crippen LogP contribution in [0.15, 0.2) is 42.7 Å². The highest BCUT2D eigenvalue weighted by Crippen LogP contribution is 2.15. The van der Waals surface area contributed by atoms with Crippen molar-refractivity contribution in [2.75, 3.05) is 11.9 Å². The summed E-state index contributed by atoms with van der Waals surface area (Å²) in [4.78, 5) is 4.18. The van der Waals surface area contributed by atoms with Crippen molar-refractivity contribution in [2.45, 2.75) is 39.7 Å². The Morgan fingerprint density at radius 2 is 1.90 bits per heavy atom. The maximum absolute atomic E-state index is 5.71. The van der Waals surface area contributed by atoms with E-state index in [0.29, 0.717) is 0 Å². The van der Waals surface area contributed by atoms with Crippen molar-refractivity contribution in [1.29, 1.82) is 0 Å². The van der Waals surface area contributed by atoms with Crippen molar-refractivity contribution in [3.05, 3.63) is 53.9 Å². The van der Waals surface area contributed by atoms with Crippen molar-refractivity contribution >= 4 is 5.69 Å². The number of aromatic nitrogens is 1. The maximum atomic E-state index is 5.71. The van der Waals surface area contributed by atoms with Gasteiger partial charge in [0.15, 0.2) is 0 Å². The number of hydrogen-bond donors (Lipinski definition) is 1. The lowest BCUT2D eigenvalue weighted by atomic mass is 10.2. The quantitative estimate of drug-likeness (QED) is 0.721. The molecule has 0 aliphatic heterocycles. The summed E-state index contributed by atoms with van der Waals surface area (Å²) in [6.45, 7) is 5.84. The standard InChI is InChI=1S/C18H24N2O/c1-3-4-5-10-21-18-8-6-16(7-9-18)13-20-17-11-15(2)12-19-14-17/h6-9,11-12,14,20H,3-5,10,13H2,1-2H3. The summed E-state index contributed by atoms with van der Waals surface area (Å²) >= 11 is 0. The summed E-state index contributed by atoms with van der Waals surface area (Å²) in [6, 6.07) is 10.4. The fraction of sp³-hybridized carbons (Fsp3) is 0.389. The van der Waals surface area contributed by atoms with Gasteiger partial charge in [-0.3, -0.25) is 4.98 Å². The summed E-state index contributed by atoms with van der Waals surface area (Å²) in [5, 5.41) is 3.38. The predicted octanol–water partition coefficient (Wildman–Crippen LogP) is 4.57. The summed E-state index contributed by atoms with van der Waals surface area (Å²) in [7, 11) is 0. The molecule has 21 heavy (non-hydrogen) atoms. The van der Waals surface area contributed by atoms with E-state index in [1.165, 1.54) is 18.4 Å². The average molecular weight is 284 g/mol. The molecule has 0 aliphatic carbocycles. The zero-order valence-electron chi connectivity index (χ0n) is 12.9. The third kappa shape index (κ3) is 5.46. The molecule has 1 N–H and O–H groups in total. The van der Waals surface area contributed by atoms with Crippen LogP contribution in [0.3, 0.4) is 0 Å². The normalized spacial score (nSPS) is 10.4. The van der Waals surface area contributed by atoms with Crippen LogP contribution in [-0.2, 0) is 6.54 Å². The first-order chi connectivity index (χ1) is 10.3. The summed E-state index contributed by atoms with van der Waals surface area (Å²) < 4.78 is 5.71. The third-order valence-electron chi connectivity index (χ3n) is 3.31. The number of anilines is 1. The first-order valence-electron chi connectivity index (χ1n) is 7.65. The second-order valence-corrected chi connectivity index (χ2v) is 5.30. The lowest BCUT2D eigenvalue weighted by molar-refractivity contribution is 0.306. The minimum absolute atomic E-state index is 0.793. The topological polar surface area (TPSA) is 34.1 Å². The van der Waals surface area contributed by atoms with E-state index in [4.69, 9.17) is 4.74 Å². The Labute approximate surface area is 127 Å². The molecule has 1 aromatic heterocycles. The van der Waals surface area contributed by atoms with E-state index in [0.717, 1.165) is 36.6 Å². The van der Waals surface area contributed by atoms with Gasteiger partial charge in [-0.2, -0.15) is 0 Å². The van der Waals surface area contributed by atoms with Gasteiger partial charge in [-0.25, -0.2) is 0 Å². The Kier molecular flexibility index (Phi) is 6.07. The molecular weight excluding hydrogens is 260 g/mol. The zero-order valence-corrected chi connectivity index (χ0v) is 12.9. The SMILES string of the molecule is CCCCCOc1ccc(CNc2cncc(C)c2)cc1. The first-order valence-corrected chi connectivity index (χ1v) is 7.65. The number of pyridine rings is 1. The smallest absolute Gasteiger partial charge is 0.119 e. The number of benzene rings is 1. The van der Waals surface area contributed by atoms with Crippen molar-refractivity contribution in [3.8, 4) is 5.75 Å². The van der Waals surface area contributed by atoms with Crippen LogP contribution in [-0.4, -0.2) is 11.6 Å². The molecule has 1 heterocycles. The molecule has 0 atom stereocenters. The second-order valence-electron chi connectivity index (χ2n) is 5.30. The van der Waals surface area contributed by atoms with E-state index >= 15 is 0 Å². The summed E-state index contributed by atoms with van der Waals surface area (Å²) in [5.41, 5.74) is 3.45.